The first-order valence-corrected chi connectivity index (χ1v) is 7.19. The molecule has 1 unspecified atom stereocenters. The smallest absolute Gasteiger partial charge is 0.0402 e. The highest BCUT2D eigenvalue weighted by Crippen LogP contribution is 2.32. The predicted molar refractivity (Wildman–Crippen MR) is 79.1 cm³/mol. The molecule has 0 amide bonds. The largest absolute Gasteiger partial charge is 0.368 e. The number of nitrogens with zero attached hydrogens (tertiary/aromatic N) is 1. The summed E-state index contributed by atoms with van der Waals surface area (Å²) in [5.41, 5.74) is 9.93. The normalized spacial score (nSPS) is 19.8. The summed E-state index contributed by atoms with van der Waals surface area (Å²) in [4.78, 5) is 2.61. The van der Waals surface area contributed by atoms with Crippen molar-refractivity contribution < 1.29 is 0 Å². The number of nitrogens with two attached hydrogens (primary N) is 1. The van der Waals surface area contributed by atoms with Crippen molar-refractivity contribution in [3.63, 3.8) is 0 Å². The number of hydrogen-bond acceptors (Lipinski definition) is 2. The zero-order chi connectivity index (χ0) is 13.1. The van der Waals surface area contributed by atoms with Gasteiger partial charge in [-0.05, 0) is 50.3 Å². The Labute approximate surface area is 111 Å². The van der Waals surface area contributed by atoms with Gasteiger partial charge in [0.1, 0.15) is 0 Å². The lowest BCUT2D eigenvalue weighted by atomic mass is 9.99. The summed E-state index contributed by atoms with van der Waals surface area (Å²) < 4.78 is 0. The highest BCUT2D eigenvalue weighted by molar-refractivity contribution is 5.56. The van der Waals surface area contributed by atoms with E-state index in [0.717, 1.165) is 18.9 Å². The molecule has 1 aromatic carbocycles. The Kier molecular flexibility index (Phi) is 4.28. The molecule has 100 valence electrons. The summed E-state index contributed by atoms with van der Waals surface area (Å²) in [6, 6.07) is 7.52. The maximum atomic E-state index is 5.75. The molecule has 0 spiro atoms. The van der Waals surface area contributed by atoms with Gasteiger partial charge >= 0.3 is 0 Å². The van der Waals surface area contributed by atoms with Gasteiger partial charge in [-0.2, -0.15) is 0 Å². The first-order chi connectivity index (χ1) is 8.63. The summed E-state index contributed by atoms with van der Waals surface area (Å²) in [5, 5.41) is 0. The molecule has 2 N–H and O–H groups in total. The summed E-state index contributed by atoms with van der Waals surface area (Å²) >= 11 is 0. The molecule has 2 nitrogen and oxygen atoms in total. The molecule has 1 aromatic rings. The fraction of sp³-hybridized carbons (Fsp3) is 0.625. The third-order valence-electron chi connectivity index (χ3n) is 4.03. The Morgan fingerprint density at radius 2 is 2.17 bits per heavy atom. The minimum atomic E-state index is 0.698. The molecule has 1 aliphatic rings. The van der Waals surface area contributed by atoms with Gasteiger partial charge in [-0.3, -0.25) is 0 Å². The van der Waals surface area contributed by atoms with Crippen LogP contribution < -0.4 is 10.6 Å². The minimum absolute atomic E-state index is 0.698. The highest BCUT2D eigenvalue weighted by Gasteiger charge is 2.28. The number of hydrogen-bond donors (Lipinski definition) is 1. The SMILES string of the molecule is Cc1ccc(N2CCCC2C(C)C)c(CCN)c1. The van der Waals surface area contributed by atoms with Gasteiger partial charge in [0.2, 0.25) is 0 Å². The van der Waals surface area contributed by atoms with E-state index < -0.39 is 0 Å². The van der Waals surface area contributed by atoms with Crippen molar-refractivity contribution in [2.75, 3.05) is 18.0 Å². The summed E-state index contributed by atoms with van der Waals surface area (Å²) in [6.07, 6.45) is 3.63. The van der Waals surface area contributed by atoms with Crippen LogP contribution in [0.1, 0.15) is 37.8 Å². The second-order valence-electron chi connectivity index (χ2n) is 5.82. The third kappa shape index (κ3) is 2.69. The predicted octanol–water partition coefficient (Wildman–Crippen LogP) is 3.12. The zero-order valence-corrected chi connectivity index (χ0v) is 11.9. The lowest BCUT2D eigenvalue weighted by Crippen LogP contribution is -2.34. The maximum Gasteiger partial charge on any atom is 0.0402 e. The number of benzene rings is 1. The van der Waals surface area contributed by atoms with Gasteiger partial charge in [0.25, 0.3) is 0 Å². The molecule has 18 heavy (non-hydrogen) atoms. The molecule has 0 aromatic heterocycles. The van der Waals surface area contributed by atoms with E-state index in [-0.39, 0.29) is 0 Å². The van der Waals surface area contributed by atoms with E-state index in [1.807, 2.05) is 0 Å². The van der Waals surface area contributed by atoms with Crippen LogP contribution in [0.5, 0.6) is 0 Å². The second kappa shape index (κ2) is 5.75. The summed E-state index contributed by atoms with van der Waals surface area (Å²) in [5.74, 6) is 0.722. The Balaban J connectivity index is 2.31. The minimum Gasteiger partial charge on any atom is -0.368 e. The van der Waals surface area contributed by atoms with Crippen LogP contribution in [-0.2, 0) is 6.42 Å². The molecule has 1 fully saturated rings. The Bertz CT molecular complexity index is 398. The molecule has 0 radical (unpaired) electrons. The van der Waals surface area contributed by atoms with Crippen molar-refractivity contribution in [3.8, 4) is 0 Å². The van der Waals surface area contributed by atoms with Crippen LogP contribution in [0.3, 0.4) is 0 Å². The topological polar surface area (TPSA) is 29.3 Å². The van der Waals surface area contributed by atoms with Crippen LogP contribution in [0.4, 0.5) is 5.69 Å². The van der Waals surface area contributed by atoms with Crippen LogP contribution in [-0.4, -0.2) is 19.1 Å². The molecule has 1 atom stereocenters. The van der Waals surface area contributed by atoms with E-state index in [4.69, 9.17) is 5.73 Å². The van der Waals surface area contributed by atoms with Crippen LogP contribution in [0, 0.1) is 12.8 Å². The van der Waals surface area contributed by atoms with E-state index in [9.17, 15) is 0 Å². The monoisotopic (exact) mass is 246 g/mol. The van der Waals surface area contributed by atoms with Gasteiger partial charge in [-0.25, -0.2) is 0 Å². The van der Waals surface area contributed by atoms with Crippen molar-refractivity contribution in [1.82, 2.24) is 0 Å². The number of rotatable bonds is 4. The van der Waals surface area contributed by atoms with Gasteiger partial charge in [0.15, 0.2) is 0 Å². The van der Waals surface area contributed by atoms with E-state index in [0.29, 0.717) is 6.04 Å². The van der Waals surface area contributed by atoms with Crippen molar-refractivity contribution in [2.45, 2.75) is 46.1 Å². The molecule has 2 rings (SSSR count). The van der Waals surface area contributed by atoms with Crippen LogP contribution >= 0.6 is 0 Å². The van der Waals surface area contributed by atoms with E-state index >= 15 is 0 Å². The summed E-state index contributed by atoms with van der Waals surface area (Å²) in [7, 11) is 0. The van der Waals surface area contributed by atoms with Crippen molar-refractivity contribution in [1.29, 1.82) is 0 Å². The summed E-state index contributed by atoms with van der Waals surface area (Å²) in [6.45, 7) is 8.76. The van der Waals surface area contributed by atoms with Crippen LogP contribution in [0.25, 0.3) is 0 Å². The maximum absolute atomic E-state index is 5.75. The second-order valence-corrected chi connectivity index (χ2v) is 5.82. The molecule has 1 saturated heterocycles. The molecular weight excluding hydrogens is 220 g/mol. The highest BCUT2D eigenvalue weighted by atomic mass is 15.2. The average Bonchev–Trinajstić information content (AvgIpc) is 2.78. The quantitative estimate of drug-likeness (QED) is 0.884. The fourth-order valence-electron chi connectivity index (χ4n) is 3.13. The van der Waals surface area contributed by atoms with Crippen molar-refractivity contribution in [3.05, 3.63) is 29.3 Å². The Hall–Kier alpha value is -1.02. The lowest BCUT2D eigenvalue weighted by Gasteiger charge is -2.31. The van der Waals surface area contributed by atoms with Crippen LogP contribution in [0.15, 0.2) is 18.2 Å². The van der Waals surface area contributed by atoms with Gasteiger partial charge in [0.05, 0.1) is 0 Å². The number of anilines is 1. The molecule has 1 heterocycles. The molecule has 1 aliphatic heterocycles. The van der Waals surface area contributed by atoms with E-state index in [1.54, 1.807) is 0 Å². The van der Waals surface area contributed by atoms with Gasteiger partial charge in [0, 0.05) is 18.3 Å². The lowest BCUT2D eigenvalue weighted by molar-refractivity contribution is 0.491. The molecule has 0 saturated carbocycles. The van der Waals surface area contributed by atoms with Crippen molar-refractivity contribution in [2.24, 2.45) is 11.7 Å². The standard InChI is InChI=1S/C16H26N2/c1-12(2)15-5-4-10-18(15)16-7-6-13(3)11-14(16)8-9-17/h6-7,11-12,15H,4-5,8-10,17H2,1-3H3. The average molecular weight is 246 g/mol. The van der Waals surface area contributed by atoms with Crippen LogP contribution in [0.2, 0.25) is 0 Å². The first-order valence-electron chi connectivity index (χ1n) is 7.19. The Morgan fingerprint density at radius 3 is 2.83 bits per heavy atom. The fourth-order valence-corrected chi connectivity index (χ4v) is 3.13. The van der Waals surface area contributed by atoms with Gasteiger partial charge in [-0.15, -0.1) is 0 Å². The third-order valence-corrected chi connectivity index (χ3v) is 4.03. The first kappa shape index (κ1) is 13.4. The van der Waals surface area contributed by atoms with Gasteiger partial charge < -0.3 is 10.6 Å². The van der Waals surface area contributed by atoms with E-state index in [2.05, 4.69) is 43.9 Å². The molecule has 0 bridgehead atoms. The Morgan fingerprint density at radius 1 is 1.39 bits per heavy atom. The zero-order valence-electron chi connectivity index (χ0n) is 11.9. The molecular formula is C16H26N2. The van der Waals surface area contributed by atoms with Gasteiger partial charge in [-0.1, -0.05) is 31.5 Å². The van der Waals surface area contributed by atoms with E-state index in [1.165, 1.54) is 36.2 Å². The molecule has 0 aliphatic carbocycles. The molecule has 2 heteroatoms. The number of aryl methyl sites for hydroxylation is 1. The van der Waals surface area contributed by atoms with Crippen molar-refractivity contribution >= 4 is 5.69 Å².